The van der Waals surface area contributed by atoms with E-state index in [2.05, 4.69) is 26.0 Å². The van der Waals surface area contributed by atoms with Crippen molar-refractivity contribution in [2.24, 2.45) is 0 Å². The predicted octanol–water partition coefficient (Wildman–Crippen LogP) is 4.23. The molecule has 0 atom stereocenters. The van der Waals surface area contributed by atoms with Crippen LogP contribution in [0.2, 0.25) is 0 Å². The van der Waals surface area contributed by atoms with Gasteiger partial charge in [-0.3, -0.25) is 0 Å². The van der Waals surface area contributed by atoms with E-state index >= 15 is 0 Å². The Morgan fingerprint density at radius 2 is 2.25 bits per heavy atom. The third-order valence-electron chi connectivity index (χ3n) is 2.40. The van der Waals surface area contributed by atoms with Crippen LogP contribution >= 0.6 is 0 Å². The molecule has 0 aromatic carbocycles. The molecule has 0 saturated carbocycles. The van der Waals surface area contributed by atoms with Crippen molar-refractivity contribution in [2.75, 3.05) is 0 Å². The Kier molecular flexibility index (Phi) is 4.13. The average Bonchev–Trinajstić information content (AvgIpc) is 2.05. The highest BCUT2D eigenvalue weighted by molar-refractivity contribution is 5.07. The van der Waals surface area contributed by atoms with Crippen molar-refractivity contribution in [2.45, 2.75) is 52.4 Å². The Balaban J connectivity index is 2.22. The van der Waals surface area contributed by atoms with Gasteiger partial charge in [0, 0.05) is 0 Å². The second kappa shape index (κ2) is 5.18. The van der Waals surface area contributed by atoms with E-state index in [4.69, 9.17) is 0 Å². The van der Waals surface area contributed by atoms with Crippen LogP contribution in [0.5, 0.6) is 0 Å². The second-order valence-corrected chi connectivity index (χ2v) is 3.93. The second-order valence-electron chi connectivity index (χ2n) is 3.93. The van der Waals surface area contributed by atoms with Crippen molar-refractivity contribution in [3.8, 4) is 0 Å². The summed E-state index contributed by atoms with van der Waals surface area (Å²) in [7, 11) is 0. The zero-order valence-electron chi connectivity index (χ0n) is 8.40. The van der Waals surface area contributed by atoms with Gasteiger partial charge in [0.1, 0.15) is 0 Å². The lowest BCUT2D eigenvalue weighted by Crippen LogP contribution is -1.91. The fraction of sp³-hybridized carbons (Fsp3) is 0.667. The lowest BCUT2D eigenvalue weighted by molar-refractivity contribution is 0.676. The number of rotatable bonds is 3. The van der Waals surface area contributed by atoms with Crippen LogP contribution in [0, 0.1) is 0 Å². The Bertz CT molecular complexity index is 180. The highest BCUT2D eigenvalue weighted by atomic mass is 14.1. The van der Waals surface area contributed by atoms with Gasteiger partial charge in [-0.15, -0.1) is 0 Å². The van der Waals surface area contributed by atoms with Gasteiger partial charge in [-0.1, -0.05) is 23.3 Å². The van der Waals surface area contributed by atoms with Gasteiger partial charge in [-0.05, 0) is 52.4 Å². The van der Waals surface area contributed by atoms with Crippen LogP contribution < -0.4 is 0 Å². The summed E-state index contributed by atoms with van der Waals surface area (Å²) in [6, 6.07) is 0. The van der Waals surface area contributed by atoms with Crippen LogP contribution in [0.3, 0.4) is 0 Å². The summed E-state index contributed by atoms with van der Waals surface area (Å²) in [6.07, 6.45) is 12.8. The van der Waals surface area contributed by atoms with Gasteiger partial charge in [-0.25, -0.2) is 0 Å². The van der Waals surface area contributed by atoms with E-state index < -0.39 is 0 Å². The number of hydrogen-bond acceptors (Lipinski definition) is 0. The van der Waals surface area contributed by atoms with Crippen molar-refractivity contribution in [1.82, 2.24) is 0 Å². The molecule has 0 aromatic heterocycles. The maximum Gasteiger partial charge on any atom is -0.0285 e. The molecule has 0 heteroatoms. The zero-order valence-corrected chi connectivity index (χ0v) is 8.40. The van der Waals surface area contributed by atoms with Gasteiger partial charge in [0.15, 0.2) is 0 Å². The van der Waals surface area contributed by atoms with Crippen LogP contribution in [0.15, 0.2) is 23.3 Å². The zero-order chi connectivity index (χ0) is 8.81. The molecule has 68 valence electrons. The van der Waals surface area contributed by atoms with Gasteiger partial charge in [0.25, 0.3) is 0 Å². The molecule has 0 bridgehead atoms. The summed E-state index contributed by atoms with van der Waals surface area (Å²) in [4.78, 5) is 0. The molecule has 1 aliphatic carbocycles. The van der Waals surface area contributed by atoms with E-state index in [-0.39, 0.29) is 0 Å². The van der Waals surface area contributed by atoms with Crippen LogP contribution in [0.1, 0.15) is 52.4 Å². The molecule has 0 fully saturated rings. The van der Waals surface area contributed by atoms with Gasteiger partial charge < -0.3 is 0 Å². The molecule has 0 nitrogen and oxygen atoms in total. The van der Waals surface area contributed by atoms with E-state index in [1.807, 2.05) is 0 Å². The van der Waals surface area contributed by atoms with Crippen LogP contribution in [0.25, 0.3) is 0 Å². The van der Waals surface area contributed by atoms with E-state index in [1.165, 1.54) is 44.1 Å². The Morgan fingerprint density at radius 3 is 2.83 bits per heavy atom. The number of allylic oxidation sites excluding steroid dienone is 4. The van der Waals surface area contributed by atoms with Crippen LogP contribution in [-0.2, 0) is 0 Å². The molecular weight excluding hydrogens is 144 g/mol. The molecule has 1 rings (SSSR count). The summed E-state index contributed by atoms with van der Waals surface area (Å²) in [5, 5.41) is 0. The van der Waals surface area contributed by atoms with Crippen LogP contribution in [0.4, 0.5) is 0 Å². The topological polar surface area (TPSA) is 0 Å². The predicted molar refractivity (Wildman–Crippen MR) is 55.2 cm³/mol. The molecule has 0 aliphatic heterocycles. The first kappa shape index (κ1) is 9.57. The molecule has 1 aliphatic rings. The lowest BCUT2D eigenvalue weighted by atomic mass is 9.96. The molecule has 12 heavy (non-hydrogen) atoms. The van der Waals surface area contributed by atoms with Gasteiger partial charge >= 0.3 is 0 Å². The molecule has 0 amide bonds. The maximum absolute atomic E-state index is 2.45. The standard InChI is InChI=1S/C12H20/c1-11(2)7-6-10-12-8-4-3-5-9-12/h7-8H,3-6,9-10H2,1-2H3. The van der Waals surface area contributed by atoms with Gasteiger partial charge in [-0.2, -0.15) is 0 Å². The Hall–Kier alpha value is -0.520. The molecule has 0 aromatic rings. The van der Waals surface area contributed by atoms with E-state index in [0.717, 1.165) is 0 Å². The lowest BCUT2D eigenvalue weighted by Gasteiger charge is -2.11. The minimum Gasteiger partial charge on any atom is -0.0856 e. The average molecular weight is 164 g/mol. The molecule has 0 N–H and O–H groups in total. The smallest absolute Gasteiger partial charge is 0.0285 e. The first-order valence-corrected chi connectivity index (χ1v) is 5.10. The van der Waals surface area contributed by atoms with Gasteiger partial charge in [0.05, 0.1) is 0 Å². The summed E-state index contributed by atoms with van der Waals surface area (Å²) in [5.41, 5.74) is 3.14. The quantitative estimate of drug-likeness (QED) is 0.547. The first-order chi connectivity index (χ1) is 5.79. The van der Waals surface area contributed by atoms with Crippen LogP contribution in [-0.4, -0.2) is 0 Å². The van der Waals surface area contributed by atoms with Crippen molar-refractivity contribution in [3.05, 3.63) is 23.3 Å². The fourth-order valence-corrected chi connectivity index (χ4v) is 1.68. The van der Waals surface area contributed by atoms with E-state index in [9.17, 15) is 0 Å². The molecular formula is C12H20. The van der Waals surface area contributed by atoms with E-state index in [0.29, 0.717) is 0 Å². The molecule has 0 heterocycles. The minimum absolute atomic E-state index is 1.24. The normalized spacial score (nSPS) is 17.0. The summed E-state index contributed by atoms with van der Waals surface area (Å²) in [5.74, 6) is 0. The SMILES string of the molecule is CC(C)=CCCC1=CCCCC1. The summed E-state index contributed by atoms with van der Waals surface area (Å²) >= 11 is 0. The monoisotopic (exact) mass is 164 g/mol. The highest BCUT2D eigenvalue weighted by Gasteiger charge is 2.01. The maximum atomic E-state index is 2.45. The number of hydrogen-bond donors (Lipinski definition) is 0. The van der Waals surface area contributed by atoms with Crippen molar-refractivity contribution >= 4 is 0 Å². The minimum atomic E-state index is 1.24. The van der Waals surface area contributed by atoms with Crippen molar-refractivity contribution in [1.29, 1.82) is 0 Å². The summed E-state index contributed by atoms with van der Waals surface area (Å²) in [6.45, 7) is 4.35. The molecule has 0 saturated heterocycles. The summed E-state index contributed by atoms with van der Waals surface area (Å²) < 4.78 is 0. The van der Waals surface area contributed by atoms with E-state index in [1.54, 1.807) is 5.57 Å². The molecule has 0 unspecified atom stereocenters. The third-order valence-corrected chi connectivity index (χ3v) is 2.40. The van der Waals surface area contributed by atoms with Crippen molar-refractivity contribution in [3.63, 3.8) is 0 Å². The third kappa shape index (κ3) is 3.75. The Labute approximate surface area is 76.4 Å². The molecule has 0 spiro atoms. The molecule has 0 radical (unpaired) electrons. The first-order valence-electron chi connectivity index (χ1n) is 5.10. The van der Waals surface area contributed by atoms with Gasteiger partial charge in [0.2, 0.25) is 0 Å². The fourth-order valence-electron chi connectivity index (χ4n) is 1.68. The highest BCUT2D eigenvalue weighted by Crippen LogP contribution is 2.21. The van der Waals surface area contributed by atoms with Crippen molar-refractivity contribution < 1.29 is 0 Å². The Morgan fingerprint density at radius 1 is 1.42 bits per heavy atom. The largest absolute Gasteiger partial charge is 0.0856 e.